The lowest BCUT2D eigenvalue weighted by Crippen LogP contribution is -2.26. The summed E-state index contributed by atoms with van der Waals surface area (Å²) in [4.78, 5) is 7.05. The van der Waals surface area contributed by atoms with Crippen molar-refractivity contribution in [3.8, 4) is 0 Å². The van der Waals surface area contributed by atoms with Crippen LogP contribution in [0.15, 0.2) is 6.20 Å². The van der Waals surface area contributed by atoms with Crippen molar-refractivity contribution in [3.05, 3.63) is 17.2 Å². The van der Waals surface area contributed by atoms with Gasteiger partial charge in [0.05, 0.1) is 0 Å². The van der Waals surface area contributed by atoms with Crippen LogP contribution in [-0.2, 0) is 0 Å². The van der Waals surface area contributed by atoms with E-state index >= 15 is 0 Å². The van der Waals surface area contributed by atoms with Crippen LogP contribution in [0.25, 0.3) is 0 Å². The van der Waals surface area contributed by atoms with E-state index in [1.807, 2.05) is 6.20 Å². The molecule has 1 saturated heterocycles. The largest absolute Gasteiger partial charge is 0.332 e. The summed E-state index contributed by atoms with van der Waals surface area (Å²) < 4.78 is 0. The Morgan fingerprint density at radius 1 is 1.42 bits per heavy atom. The Hall–Kier alpha value is -0.540. The lowest BCUT2D eigenvalue weighted by molar-refractivity contribution is 0.454. The van der Waals surface area contributed by atoms with Crippen molar-refractivity contribution in [3.63, 3.8) is 0 Å². The Morgan fingerprint density at radius 3 is 2.75 bits per heavy atom. The molecule has 2 N–H and O–H groups in total. The number of nitrogens with zero attached hydrogens (tertiary/aromatic N) is 1. The molecule has 1 aliphatic rings. The number of aromatic nitrogens is 2. The van der Waals surface area contributed by atoms with E-state index in [0.29, 0.717) is 11.2 Å². The van der Waals surface area contributed by atoms with Gasteiger partial charge in [-0.1, -0.05) is 0 Å². The van der Waals surface area contributed by atoms with Crippen LogP contribution in [0.1, 0.15) is 24.5 Å². The standard InChI is InChI=1S/C8H12ClN3/c9-8-11-5-7(12-8)6-1-3-10-4-2-6/h5-6,10H,1-4H2,(H,11,12). The first-order valence-corrected chi connectivity index (χ1v) is 4.65. The molecule has 0 aromatic carbocycles. The number of H-pyrrole nitrogens is 1. The third-order valence-electron chi connectivity index (χ3n) is 2.34. The van der Waals surface area contributed by atoms with E-state index < -0.39 is 0 Å². The van der Waals surface area contributed by atoms with Crippen molar-refractivity contribution in [2.24, 2.45) is 0 Å². The molecule has 0 amide bonds. The molecule has 2 heterocycles. The van der Waals surface area contributed by atoms with Gasteiger partial charge >= 0.3 is 0 Å². The number of piperidine rings is 1. The Bertz CT molecular complexity index is 253. The fourth-order valence-electron chi connectivity index (χ4n) is 1.65. The van der Waals surface area contributed by atoms with Crippen LogP contribution in [-0.4, -0.2) is 23.1 Å². The quantitative estimate of drug-likeness (QED) is 0.697. The zero-order valence-electron chi connectivity index (χ0n) is 6.81. The summed E-state index contributed by atoms with van der Waals surface area (Å²) in [6.45, 7) is 2.20. The zero-order chi connectivity index (χ0) is 8.39. The second kappa shape index (κ2) is 3.46. The number of rotatable bonds is 1. The highest BCUT2D eigenvalue weighted by Gasteiger charge is 2.16. The number of imidazole rings is 1. The van der Waals surface area contributed by atoms with E-state index in [-0.39, 0.29) is 0 Å². The molecule has 1 fully saturated rings. The minimum absolute atomic E-state index is 0.503. The molecule has 0 unspecified atom stereocenters. The molecule has 4 heteroatoms. The van der Waals surface area contributed by atoms with Crippen molar-refractivity contribution >= 4 is 11.6 Å². The van der Waals surface area contributed by atoms with Crippen LogP contribution in [0.5, 0.6) is 0 Å². The molecule has 0 radical (unpaired) electrons. The third-order valence-corrected chi connectivity index (χ3v) is 2.54. The van der Waals surface area contributed by atoms with E-state index in [1.165, 1.54) is 18.5 Å². The number of halogens is 1. The van der Waals surface area contributed by atoms with Gasteiger partial charge in [0.25, 0.3) is 0 Å². The van der Waals surface area contributed by atoms with Crippen molar-refractivity contribution in [2.45, 2.75) is 18.8 Å². The summed E-state index contributed by atoms with van der Waals surface area (Å²) in [7, 11) is 0. The molecular weight excluding hydrogens is 174 g/mol. The highest BCUT2D eigenvalue weighted by Crippen LogP contribution is 2.23. The molecule has 12 heavy (non-hydrogen) atoms. The van der Waals surface area contributed by atoms with Gasteiger partial charge in [0.15, 0.2) is 5.28 Å². The summed E-state index contributed by atoms with van der Waals surface area (Å²) in [6, 6.07) is 0. The van der Waals surface area contributed by atoms with Crippen LogP contribution in [0, 0.1) is 0 Å². The third kappa shape index (κ3) is 1.62. The highest BCUT2D eigenvalue weighted by atomic mass is 35.5. The van der Waals surface area contributed by atoms with Crippen molar-refractivity contribution in [1.82, 2.24) is 15.3 Å². The monoisotopic (exact) mass is 185 g/mol. The predicted octanol–water partition coefficient (Wildman–Crippen LogP) is 1.53. The average molecular weight is 186 g/mol. The van der Waals surface area contributed by atoms with Crippen LogP contribution < -0.4 is 5.32 Å². The van der Waals surface area contributed by atoms with Crippen molar-refractivity contribution < 1.29 is 0 Å². The first-order valence-electron chi connectivity index (χ1n) is 4.27. The summed E-state index contributed by atoms with van der Waals surface area (Å²) >= 11 is 5.70. The Morgan fingerprint density at radius 2 is 2.17 bits per heavy atom. The lowest BCUT2D eigenvalue weighted by atomic mass is 9.95. The highest BCUT2D eigenvalue weighted by molar-refractivity contribution is 6.28. The van der Waals surface area contributed by atoms with E-state index in [1.54, 1.807) is 0 Å². The molecule has 66 valence electrons. The lowest BCUT2D eigenvalue weighted by Gasteiger charge is -2.20. The summed E-state index contributed by atoms with van der Waals surface area (Å²) in [6.07, 6.45) is 4.20. The summed E-state index contributed by atoms with van der Waals surface area (Å²) in [5.41, 5.74) is 1.18. The molecule has 0 aliphatic carbocycles. The second-order valence-corrected chi connectivity index (χ2v) is 3.51. The van der Waals surface area contributed by atoms with Crippen molar-refractivity contribution in [1.29, 1.82) is 0 Å². The maximum absolute atomic E-state index is 5.70. The minimum atomic E-state index is 0.503. The van der Waals surface area contributed by atoms with E-state index in [4.69, 9.17) is 11.6 Å². The summed E-state index contributed by atoms with van der Waals surface area (Å²) in [5.74, 6) is 0.617. The number of aromatic amines is 1. The first-order chi connectivity index (χ1) is 5.86. The number of hydrogen-bond donors (Lipinski definition) is 2. The Balaban J connectivity index is 2.08. The molecule has 2 rings (SSSR count). The fourth-order valence-corrected chi connectivity index (χ4v) is 1.81. The molecule has 1 aromatic heterocycles. The van der Waals surface area contributed by atoms with Gasteiger partial charge in [-0.25, -0.2) is 4.98 Å². The fraction of sp³-hybridized carbons (Fsp3) is 0.625. The van der Waals surface area contributed by atoms with Gasteiger partial charge < -0.3 is 10.3 Å². The molecule has 3 nitrogen and oxygen atoms in total. The normalized spacial score (nSPS) is 19.8. The smallest absolute Gasteiger partial charge is 0.200 e. The number of hydrogen-bond acceptors (Lipinski definition) is 2. The van der Waals surface area contributed by atoms with Crippen LogP contribution in [0.4, 0.5) is 0 Å². The first kappa shape index (κ1) is 8.08. The van der Waals surface area contributed by atoms with Crippen LogP contribution in [0.2, 0.25) is 5.28 Å². The predicted molar refractivity (Wildman–Crippen MR) is 48.4 cm³/mol. The van der Waals surface area contributed by atoms with Crippen LogP contribution in [0.3, 0.4) is 0 Å². The van der Waals surface area contributed by atoms with Crippen molar-refractivity contribution in [2.75, 3.05) is 13.1 Å². The SMILES string of the molecule is Clc1ncc(C2CCNCC2)[nH]1. The number of nitrogens with one attached hydrogen (secondary N) is 2. The summed E-state index contributed by atoms with van der Waals surface area (Å²) in [5, 5.41) is 3.83. The van der Waals surface area contributed by atoms with Gasteiger partial charge in [0, 0.05) is 17.8 Å². The Labute approximate surface area is 76.5 Å². The van der Waals surface area contributed by atoms with Gasteiger partial charge in [0.2, 0.25) is 0 Å². The maximum atomic E-state index is 5.70. The Kier molecular flexibility index (Phi) is 2.33. The minimum Gasteiger partial charge on any atom is -0.332 e. The van der Waals surface area contributed by atoms with E-state index in [2.05, 4.69) is 15.3 Å². The zero-order valence-corrected chi connectivity index (χ0v) is 7.56. The molecule has 1 aliphatic heterocycles. The van der Waals surface area contributed by atoms with Gasteiger partial charge in [-0.3, -0.25) is 0 Å². The van der Waals surface area contributed by atoms with Gasteiger partial charge in [-0.2, -0.15) is 0 Å². The molecule has 0 bridgehead atoms. The maximum Gasteiger partial charge on any atom is 0.200 e. The van der Waals surface area contributed by atoms with E-state index in [9.17, 15) is 0 Å². The van der Waals surface area contributed by atoms with Gasteiger partial charge in [0.1, 0.15) is 0 Å². The molecule has 0 atom stereocenters. The van der Waals surface area contributed by atoms with Gasteiger partial charge in [-0.15, -0.1) is 0 Å². The molecule has 0 saturated carbocycles. The average Bonchev–Trinajstić information content (AvgIpc) is 2.54. The second-order valence-electron chi connectivity index (χ2n) is 3.15. The van der Waals surface area contributed by atoms with E-state index in [0.717, 1.165) is 13.1 Å². The van der Waals surface area contributed by atoms with Gasteiger partial charge in [-0.05, 0) is 37.5 Å². The molecule has 1 aromatic rings. The topological polar surface area (TPSA) is 40.7 Å². The molecular formula is C8H12ClN3. The van der Waals surface area contributed by atoms with Crippen LogP contribution >= 0.6 is 11.6 Å². The molecule has 0 spiro atoms.